The summed E-state index contributed by atoms with van der Waals surface area (Å²) in [6.07, 6.45) is 3.41. The highest BCUT2D eigenvalue weighted by atomic mass is 32.2. The Morgan fingerprint density at radius 3 is 2.83 bits per heavy atom. The predicted octanol–water partition coefficient (Wildman–Crippen LogP) is 3.55. The van der Waals surface area contributed by atoms with E-state index in [0.29, 0.717) is 5.69 Å². The highest BCUT2D eigenvalue weighted by Gasteiger charge is 2.13. The van der Waals surface area contributed by atoms with Crippen LogP contribution in [-0.2, 0) is 0 Å². The van der Waals surface area contributed by atoms with E-state index in [1.165, 1.54) is 10.5 Å². The third-order valence-corrected chi connectivity index (χ3v) is 4.85. The zero-order chi connectivity index (χ0) is 16.2. The fourth-order valence-electron chi connectivity index (χ4n) is 2.33. The monoisotopic (exact) mass is 325 g/mol. The molecular formula is C18H19N3OS. The highest BCUT2D eigenvalue weighted by molar-refractivity contribution is 7.99. The number of carbonyl (C=O) groups excluding carboxylic acids is 1. The van der Waals surface area contributed by atoms with Crippen LogP contribution in [0.3, 0.4) is 0 Å². The van der Waals surface area contributed by atoms with Gasteiger partial charge < -0.3 is 5.32 Å². The van der Waals surface area contributed by atoms with Gasteiger partial charge in [0.25, 0.3) is 5.91 Å². The SMILES string of the molecule is Cc1ccc(SCC(C)NC(=O)c2cccc3cncn23)cc1. The van der Waals surface area contributed by atoms with Crippen molar-refractivity contribution in [2.24, 2.45) is 0 Å². The number of aryl methyl sites for hydroxylation is 1. The molecular weight excluding hydrogens is 306 g/mol. The van der Waals surface area contributed by atoms with Gasteiger partial charge in [-0.05, 0) is 38.1 Å². The Balaban J connectivity index is 1.61. The molecule has 0 radical (unpaired) electrons. The Kier molecular flexibility index (Phi) is 4.67. The molecule has 4 nitrogen and oxygen atoms in total. The topological polar surface area (TPSA) is 46.4 Å². The maximum Gasteiger partial charge on any atom is 0.268 e. The molecule has 0 bridgehead atoms. The lowest BCUT2D eigenvalue weighted by Crippen LogP contribution is -2.35. The minimum absolute atomic E-state index is 0.0765. The van der Waals surface area contributed by atoms with Gasteiger partial charge in [-0.3, -0.25) is 9.20 Å². The molecule has 0 aliphatic carbocycles. The predicted molar refractivity (Wildman–Crippen MR) is 94.0 cm³/mol. The molecule has 118 valence electrons. The van der Waals surface area contributed by atoms with Crippen molar-refractivity contribution in [2.45, 2.75) is 24.8 Å². The third kappa shape index (κ3) is 3.74. The van der Waals surface area contributed by atoms with Crippen molar-refractivity contribution < 1.29 is 4.79 Å². The number of thioether (sulfide) groups is 1. The summed E-state index contributed by atoms with van der Waals surface area (Å²) in [5, 5.41) is 3.05. The van der Waals surface area contributed by atoms with Crippen LogP contribution in [0.25, 0.3) is 5.52 Å². The summed E-state index contributed by atoms with van der Waals surface area (Å²) < 4.78 is 1.80. The Hall–Kier alpha value is -2.27. The smallest absolute Gasteiger partial charge is 0.268 e. The van der Waals surface area contributed by atoms with Crippen LogP contribution >= 0.6 is 11.8 Å². The van der Waals surface area contributed by atoms with Crippen molar-refractivity contribution in [1.29, 1.82) is 0 Å². The van der Waals surface area contributed by atoms with E-state index in [0.717, 1.165) is 11.3 Å². The maximum atomic E-state index is 12.5. The molecule has 1 amide bonds. The molecule has 0 fully saturated rings. The lowest BCUT2D eigenvalue weighted by molar-refractivity contribution is 0.0937. The molecule has 0 aliphatic heterocycles. The molecule has 0 saturated heterocycles. The first-order chi connectivity index (χ1) is 11.1. The quantitative estimate of drug-likeness (QED) is 0.730. The summed E-state index contributed by atoms with van der Waals surface area (Å²) in [5.74, 6) is 0.750. The molecule has 3 aromatic rings. The average molecular weight is 325 g/mol. The largest absolute Gasteiger partial charge is 0.347 e. The van der Waals surface area contributed by atoms with Gasteiger partial charge in [-0.1, -0.05) is 23.8 Å². The number of benzene rings is 1. The molecule has 0 aliphatic rings. The summed E-state index contributed by atoms with van der Waals surface area (Å²) >= 11 is 1.75. The van der Waals surface area contributed by atoms with Gasteiger partial charge in [-0.2, -0.15) is 0 Å². The molecule has 1 atom stereocenters. The van der Waals surface area contributed by atoms with E-state index in [9.17, 15) is 4.79 Å². The molecule has 0 saturated carbocycles. The highest BCUT2D eigenvalue weighted by Crippen LogP contribution is 2.19. The lowest BCUT2D eigenvalue weighted by Gasteiger charge is -2.14. The molecule has 2 heterocycles. The first kappa shape index (κ1) is 15.6. The van der Waals surface area contributed by atoms with Crippen LogP contribution in [0.5, 0.6) is 0 Å². The van der Waals surface area contributed by atoms with Crippen LogP contribution in [0.4, 0.5) is 0 Å². The molecule has 0 spiro atoms. The Bertz CT molecular complexity index is 811. The number of aromatic nitrogens is 2. The van der Waals surface area contributed by atoms with Gasteiger partial charge >= 0.3 is 0 Å². The Labute approximate surface area is 139 Å². The van der Waals surface area contributed by atoms with Crippen molar-refractivity contribution in [3.05, 3.63) is 66.2 Å². The van der Waals surface area contributed by atoms with Crippen molar-refractivity contribution in [1.82, 2.24) is 14.7 Å². The Morgan fingerprint density at radius 2 is 2.04 bits per heavy atom. The van der Waals surface area contributed by atoms with Gasteiger partial charge in [-0.15, -0.1) is 11.8 Å². The molecule has 1 unspecified atom stereocenters. The minimum Gasteiger partial charge on any atom is -0.347 e. The van der Waals surface area contributed by atoms with Gasteiger partial charge in [0.2, 0.25) is 0 Å². The standard InChI is InChI=1S/C18H19N3OS/c1-13-6-8-16(9-7-13)23-11-14(2)20-18(22)17-5-3-4-15-10-19-12-21(15)17/h3-10,12,14H,11H2,1-2H3,(H,20,22). The van der Waals surface area contributed by atoms with Crippen molar-refractivity contribution >= 4 is 23.2 Å². The summed E-state index contributed by atoms with van der Waals surface area (Å²) in [6.45, 7) is 4.10. The molecule has 5 heteroatoms. The average Bonchev–Trinajstić information content (AvgIpc) is 3.02. The van der Waals surface area contributed by atoms with Gasteiger partial charge in [0.1, 0.15) is 5.69 Å². The van der Waals surface area contributed by atoms with Gasteiger partial charge in [-0.25, -0.2) is 4.98 Å². The fraction of sp³-hybridized carbons (Fsp3) is 0.222. The lowest BCUT2D eigenvalue weighted by atomic mass is 10.2. The van der Waals surface area contributed by atoms with E-state index >= 15 is 0 Å². The summed E-state index contributed by atoms with van der Waals surface area (Å²) in [4.78, 5) is 17.8. The second-order valence-corrected chi connectivity index (χ2v) is 6.69. The number of pyridine rings is 1. The van der Waals surface area contributed by atoms with Crippen LogP contribution in [0, 0.1) is 6.92 Å². The fourth-order valence-corrected chi connectivity index (χ4v) is 3.18. The van der Waals surface area contributed by atoms with Crippen LogP contribution in [-0.4, -0.2) is 27.1 Å². The number of carbonyl (C=O) groups is 1. The molecule has 1 N–H and O–H groups in total. The van der Waals surface area contributed by atoms with E-state index < -0.39 is 0 Å². The van der Waals surface area contributed by atoms with E-state index in [-0.39, 0.29) is 11.9 Å². The summed E-state index contributed by atoms with van der Waals surface area (Å²) in [7, 11) is 0. The zero-order valence-electron chi connectivity index (χ0n) is 13.2. The zero-order valence-corrected chi connectivity index (χ0v) is 14.0. The van der Waals surface area contributed by atoms with E-state index in [1.54, 1.807) is 28.7 Å². The first-order valence-electron chi connectivity index (χ1n) is 7.55. The number of nitrogens with zero attached hydrogens (tertiary/aromatic N) is 2. The number of nitrogens with one attached hydrogen (secondary N) is 1. The van der Waals surface area contributed by atoms with Crippen LogP contribution in [0.1, 0.15) is 23.0 Å². The van der Waals surface area contributed by atoms with Gasteiger partial charge in [0.15, 0.2) is 0 Å². The number of imidazole rings is 1. The minimum atomic E-state index is -0.0781. The van der Waals surface area contributed by atoms with Crippen LogP contribution in [0.15, 0.2) is 59.9 Å². The molecule has 2 aromatic heterocycles. The summed E-state index contributed by atoms with van der Waals surface area (Å²) in [6, 6.07) is 14.1. The van der Waals surface area contributed by atoms with E-state index in [4.69, 9.17) is 0 Å². The Morgan fingerprint density at radius 1 is 1.26 bits per heavy atom. The van der Waals surface area contributed by atoms with E-state index in [1.807, 2.05) is 25.1 Å². The summed E-state index contributed by atoms with van der Waals surface area (Å²) in [5.41, 5.74) is 2.77. The van der Waals surface area contributed by atoms with Crippen molar-refractivity contribution in [3.63, 3.8) is 0 Å². The number of rotatable bonds is 5. The molecule has 23 heavy (non-hydrogen) atoms. The number of amides is 1. The second-order valence-electron chi connectivity index (χ2n) is 5.60. The first-order valence-corrected chi connectivity index (χ1v) is 8.53. The van der Waals surface area contributed by atoms with Crippen LogP contribution in [0.2, 0.25) is 0 Å². The molecule has 1 aromatic carbocycles. The second kappa shape index (κ2) is 6.87. The number of hydrogen-bond acceptors (Lipinski definition) is 3. The van der Waals surface area contributed by atoms with Crippen molar-refractivity contribution in [3.8, 4) is 0 Å². The van der Waals surface area contributed by atoms with E-state index in [2.05, 4.69) is 41.5 Å². The maximum absolute atomic E-state index is 12.5. The third-order valence-electron chi connectivity index (χ3n) is 3.58. The van der Waals surface area contributed by atoms with Crippen LogP contribution < -0.4 is 5.32 Å². The normalized spacial score (nSPS) is 12.3. The number of hydrogen-bond donors (Lipinski definition) is 1. The van der Waals surface area contributed by atoms with Crippen molar-refractivity contribution in [2.75, 3.05) is 5.75 Å². The number of fused-ring (bicyclic) bond motifs is 1. The van der Waals surface area contributed by atoms with Gasteiger partial charge in [0.05, 0.1) is 18.0 Å². The van der Waals surface area contributed by atoms with Gasteiger partial charge in [0, 0.05) is 16.7 Å². The molecule has 3 rings (SSSR count).